The van der Waals surface area contributed by atoms with Crippen molar-refractivity contribution >= 4 is 11.0 Å². The highest BCUT2D eigenvalue weighted by Gasteiger charge is 2.03. The van der Waals surface area contributed by atoms with Crippen molar-refractivity contribution in [3.8, 4) is 5.75 Å². The minimum atomic E-state index is 0.255. The van der Waals surface area contributed by atoms with Crippen molar-refractivity contribution in [2.45, 2.75) is 19.8 Å². The van der Waals surface area contributed by atoms with Crippen LogP contribution in [0.1, 0.15) is 19.2 Å². The van der Waals surface area contributed by atoms with Crippen molar-refractivity contribution in [1.29, 1.82) is 0 Å². The lowest BCUT2D eigenvalue weighted by atomic mass is 10.3. The number of aromatic nitrogens is 2. The summed E-state index contributed by atoms with van der Waals surface area (Å²) in [7, 11) is 0. The van der Waals surface area contributed by atoms with E-state index in [1.54, 1.807) is 18.2 Å². The molecule has 4 heteroatoms. The molecule has 4 nitrogen and oxygen atoms in total. The number of hydrogen-bond donors (Lipinski definition) is 2. The molecular weight excluding hydrogens is 204 g/mol. The highest BCUT2D eigenvalue weighted by molar-refractivity contribution is 5.76. The molecule has 0 spiro atoms. The smallest absolute Gasteiger partial charge is 0.117 e. The van der Waals surface area contributed by atoms with Gasteiger partial charge >= 0.3 is 0 Å². The molecule has 0 atom stereocenters. The Kier molecular flexibility index (Phi) is 3.41. The Labute approximate surface area is 94.3 Å². The SMILES string of the molecule is CCCOCCc1nc2ccc(O)cc2[nH]1. The zero-order chi connectivity index (χ0) is 11.4. The second-order valence-corrected chi connectivity index (χ2v) is 3.75. The van der Waals surface area contributed by atoms with E-state index in [4.69, 9.17) is 4.74 Å². The number of H-pyrrole nitrogens is 1. The number of phenols is 1. The summed E-state index contributed by atoms with van der Waals surface area (Å²) < 4.78 is 5.40. The number of rotatable bonds is 5. The minimum absolute atomic E-state index is 0.255. The van der Waals surface area contributed by atoms with Crippen LogP contribution in [-0.2, 0) is 11.2 Å². The summed E-state index contributed by atoms with van der Waals surface area (Å²) in [4.78, 5) is 7.57. The number of ether oxygens (including phenoxy) is 1. The third-order valence-corrected chi connectivity index (χ3v) is 2.35. The molecule has 16 heavy (non-hydrogen) atoms. The summed E-state index contributed by atoms with van der Waals surface area (Å²) in [5, 5.41) is 9.31. The zero-order valence-corrected chi connectivity index (χ0v) is 9.36. The molecule has 86 valence electrons. The summed E-state index contributed by atoms with van der Waals surface area (Å²) in [5.74, 6) is 1.15. The van der Waals surface area contributed by atoms with E-state index in [2.05, 4.69) is 16.9 Å². The van der Waals surface area contributed by atoms with Crippen molar-refractivity contribution in [2.75, 3.05) is 13.2 Å². The molecule has 0 aliphatic carbocycles. The molecule has 2 rings (SSSR count). The molecule has 0 saturated heterocycles. The van der Waals surface area contributed by atoms with E-state index in [0.29, 0.717) is 6.61 Å². The van der Waals surface area contributed by atoms with E-state index in [-0.39, 0.29) is 5.75 Å². The van der Waals surface area contributed by atoms with Crippen LogP contribution < -0.4 is 0 Å². The van der Waals surface area contributed by atoms with Crippen LogP contribution in [0.4, 0.5) is 0 Å². The van der Waals surface area contributed by atoms with Crippen LogP contribution in [0.3, 0.4) is 0 Å². The fraction of sp³-hybridized carbons (Fsp3) is 0.417. The molecule has 0 unspecified atom stereocenters. The van der Waals surface area contributed by atoms with Crippen molar-refractivity contribution in [2.24, 2.45) is 0 Å². The first-order valence-corrected chi connectivity index (χ1v) is 5.55. The summed E-state index contributed by atoms with van der Waals surface area (Å²) >= 11 is 0. The number of nitrogens with one attached hydrogen (secondary N) is 1. The van der Waals surface area contributed by atoms with Crippen molar-refractivity contribution in [3.63, 3.8) is 0 Å². The standard InChI is InChI=1S/C12H16N2O2/c1-2-6-16-7-5-12-13-10-4-3-9(15)8-11(10)14-12/h3-4,8,15H,2,5-7H2,1H3,(H,13,14). The Balaban J connectivity index is 2.02. The van der Waals surface area contributed by atoms with Crippen molar-refractivity contribution in [1.82, 2.24) is 9.97 Å². The largest absolute Gasteiger partial charge is 0.508 e. The van der Waals surface area contributed by atoms with Gasteiger partial charge in [-0.05, 0) is 18.6 Å². The lowest BCUT2D eigenvalue weighted by molar-refractivity contribution is 0.137. The number of benzene rings is 1. The number of fused-ring (bicyclic) bond motifs is 1. The highest BCUT2D eigenvalue weighted by Crippen LogP contribution is 2.17. The van der Waals surface area contributed by atoms with Crippen LogP contribution in [0.2, 0.25) is 0 Å². The molecular formula is C12H16N2O2. The van der Waals surface area contributed by atoms with Gasteiger partial charge in [-0.3, -0.25) is 0 Å². The van der Waals surface area contributed by atoms with Gasteiger partial charge in [0, 0.05) is 19.1 Å². The average molecular weight is 220 g/mol. The first-order valence-electron chi connectivity index (χ1n) is 5.55. The number of phenolic OH excluding ortho intramolecular Hbond substituents is 1. The number of nitrogens with zero attached hydrogens (tertiary/aromatic N) is 1. The van der Waals surface area contributed by atoms with Crippen LogP contribution in [0.5, 0.6) is 5.75 Å². The van der Waals surface area contributed by atoms with Gasteiger partial charge in [-0.1, -0.05) is 6.92 Å². The summed E-state index contributed by atoms with van der Waals surface area (Å²) in [6.07, 6.45) is 1.81. The van der Waals surface area contributed by atoms with E-state index in [1.165, 1.54) is 0 Å². The average Bonchev–Trinajstić information content (AvgIpc) is 2.66. The molecule has 0 radical (unpaired) electrons. The number of aromatic hydroxyl groups is 1. The fourth-order valence-electron chi connectivity index (χ4n) is 1.58. The molecule has 2 N–H and O–H groups in total. The molecule has 1 aromatic carbocycles. The third-order valence-electron chi connectivity index (χ3n) is 2.35. The summed E-state index contributed by atoms with van der Waals surface area (Å²) in [6.45, 7) is 3.56. The minimum Gasteiger partial charge on any atom is -0.508 e. The van der Waals surface area contributed by atoms with Crippen LogP contribution in [0, 0.1) is 0 Å². The molecule has 0 amide bonds. The second-order valence-electron chi connectivity index (χ2n) is 3.75. The fourth-order valence-corrected chi connectivity index (χ4v) is 1.58. The monoisotopic (exact) mass is 220 g/mol. The number of hydrogen-bond acceptors (Lipinski definition) is 3. The Morgan fingerprint density at radius 3 is 3.06 bits per heavy atom. The van der Waals surface area contributed by atoms with Gasteiger partial charge in [0.1, 0.15) is 11.6 Å². The van der Waals surface area contributed by atoms with E-state index in [1.807, 2.05) is 0 Å². The maximum atomic E-state index is 9.31. The van der Waals surface area contributed by atoms with Crippen molar-refractivity contribution in [3.05, 3.63) is 24.0 Å². The number of aromatic amines is 1. The maximum Gasteiger partial charge on any atom is 0.117 e. The second kappa shape index (κ2) is 4.99. The lowest BCUT2D eigenvalue weighted by Gasteiger charge is -1.98. The van der Waals surface area contributed by atoms with Gasteiger partial charge in [0.05, 0.1) is 17.6 Å². The predicted octanol–water partition coefficient (Wildman–Crippen LogP) is 2.24. The Morgan fingerprint density at radius 1 is 1.38 bits per heavy atom. The Hall–Kier alpha value is -1.55. The molecule has 0 aliphatic heterocycles. The maximum absolute atomic E-state index is 9.31. The van der Waals surface area contributed by atoms with Crippen LogP contribution in [0.25, 0.3) is 11.0 Å². The predicted molar refractivity (Wildman–Crippen MR) is 62.6 cm³/mol. The normalized spacial score (nSPS) is 11.1. The first-order chi connectivity index (χ1) is 7.79. The van der Waals surface area contributed by atoms with Gasteiger partial charge in [-0.15, -0.1) is 0 Å². The van der Waals surface area contributed by atoms with Crippen LogP contribution >= 0.6 is 0 Å². The van der Waals surface area contributed by atoms with Crippen LogP contribution in [0.15, 0.2) is 18.2 Å². The highest BCUT2D eigenvalue weighted by atomic mass is 16.5. The van der Waals surface area contributed by atoms with Gasteiger partial charge in [0.15, 0.2) is 0 Å². The lowest BCUT2D eigenvalue weighted by Crippen LogP contribution is -2.00. The third kappa shape index (κ3) is 2.52. The quantitative estimate of drug-likeness (QED) is 0.760. The molecule has 0 fully saturated rings. The van der Waals surface area contributed by atoms with E-state index >= 15 is 0 Å². The summed E-state index contributed by atoms with van der Waals surface area (Å²) in [5.41, 5.74) is 1.74. The molecule has 0 bridgehead atoms. The van der Waals surface area contributed by atoms with Gasteiger partial charge in [0.25, 0.3) is 0 Å². The van der Waals surface area contributed by atoms with E-state index < -0.39 is 0 Å². The molecule has 0 aliphatic rings. The van der Waals surface area contributed by atoms with Gasteiger partial charge in [0.2, 0.25) is 0 Å². The molecule has 2 aromatic rings. The van der Waals surface area contributed by atoms with E-state index in [9.17, 15) is 5.11 Å². The van der Waals surface area contributed by atoms with E-state index in [0.717, 1.165) is 36.3 Å². The topological polar surface area (TPSA) is 58.1 Å². The van der Waals surface area contributed by atoms with Gasteiger partial charge < -0.3 is 14.8 Å². The van der Waals surface area contributed by atoms with Crippen molar-refractivity contribution < 1.29 is 9.84 Å². The Bertz CT molecular complexity index is 465. The Morgan fingerprint density at radius 2 is 2.25 bits per heavy atom. The molecule has 0 saturated carbocycles. The van der Waals surface area contributed by atoms with Gasteiger partial charge in [-0.2, -0.15) is 0 Å². The first kappa shape index (κ1) is 11.0. The van der Waals surface area contributed by atoms with Crippen LogP contribution in [-0.4, -0.2) is 28.3 Å². The molecule has 1 aromatic heterocycles. The zero-order valence-electron chi connectivity index (χ0n) is 9.36. The number of imidazole rings is 1. The summed E-state index contributed by atoms with van der Waals surface area (Å²) in [6, 6.07) is 5.12. The van der Waals surface area contributed by atoms with Gasteiger partial charge in [-0.25, -0.2) is 4.98 Å². The molecule has 1 heterocycles.